The van der Waals surface area contributed by atoms with Gasteiger partial charge in [-0.25, -0.2) is 4.39 Å². The highest BCUT2D eigenvalue weighted by atomic mass is 35.5. The van der Waals surface area contributed by atoms with E-state index in [1.807, 2.05) is 11.6 Å². The molecule has 0 saturated heterocycles. The number of amides is 2. The van der Waals surface area contributed by atoms with E-state index in [9.17, 15) is 14.0 Å². The number of hydrogen-bond donors (Lipinski definition) is 1. The molecule has 5 rings (SSSR count). The summed E-state index contributed by atoms with van der Waals surface area (Å²) >= 11 is 6.35. The van der Waals surface area contributed by atoms with Crippen molar-refractivity contribution in [2.24, 2.45) is 7.05 Å². The van der Waals surface area contributed by atoms with Crippen LogP contribution in [0.4, 0.5) is 4.39 Å². The van der Waals surface area contributed by atoms with Gasteiger partial charge in [0.15, 0.2) is 0 Å². The van der Waals surface area contributed by atoms with Crippen molar-refractivity contribution in [2.45, 2.75) is 0 Å². The normalized spacial score (nSPS) is 13.9. The average Bonchev–Trinajstić information content (AvgIpc) is 3.43. The molecule has 9 heteroatoms. The number of ether oxygens (including phenoxy) is 2. The number of methoxy groups -OCH3 is 1. The van der Waals surface area contributed by atoms with Crippen LogP contribution in [0.25, 0.3) is 33.0 Å². The van der Waals surface area contributed by atoms with Crippen LogP contribution in [0.3, 0.4) is 0 Å². The summed E-state index contributed by atoms with van der Waals surface area (Å²) in [5.41, 5.74) is 2.70. The van der Waals surface area contributed by atoms with Crippen molar-refractivity contribution < 1.29 is 27.9 Å². The molecule has 0 bridgehead atoms. The van der Waals surface area contributed by atoms with E-state index >= 15 is 0 Å². The van der Waals surface area contributed by atoms with Crippen molar-refractivity contribution in [1.29, 1.82) is 0 Å². The van der Waals surface area contributed by atoms with Crippen molar-refractivity contribution in [3.63, 3.8) is 0 Å². The first-order valence-corrected chi connectivity index (χ1v) is 10.4. The molecule has 0 spiro atoms. The zero-order valence-electron chi connectivity index (χ0n) is 17.7. The molecule has 1 aliphatic rings. The Morgan fingerprint density at radius 2 is 1.85 bits per heavy atom. The Hall–Kier alpha value is -3.78. The van der Waals surface area contributed by atoms with E-state index in [-0.39, 0.29) is 17.8 Å². The molecular weight excluding hydrogens is 451 g/mol. The highest BCUT2D eigenvalue weighted by Gasteiger charge is 2.35. The monoisotopic (exact) mass is 468 g/mol. The molecule has 2 aromatic carbocycles. The predicted octanol–water partition coefficient (Wildman–Crippen LogP) is 4.50. The van der Waals surface area contributed by atoms with Gasteiger partial charge in [-0.05, 0) is 18.2 Å². The van der Waals surface area contributed by atoms with Crippen molar-refractivity contribution in [1.82, 2.24) is 9.88 Å². The van der Waals surface area contributed by atoms with E-state index < -0.39 is 18.5 Å². The fraction of sp³-hybridized carbons (Fsp3) is 0.167. The lowest BCUT2D eigenvalue weighted by atomic mass is 9.95. The lowest BCUT2D eigenvalue weighted by Gasteiger charge is -2.06. The van der Waals surface area contributed by atoms with Gasteiger partial charge in [0, 0.05) is 47.3 Å². The highest BCUT2D eigenvalue weighted by Crippen LogP contribution is 2.41. The van der Waals surface area contributed by atoms with Gasteiger partial charge in [0.1, 0.15) is 30.4 Å². The molecule has 0 atom stereocenters. The fourth-order valence-electron chi connectivity index (χ4n) is 4.16. The Morgan fingerprint density at radius 1 is 1.09 bits per heavy atom. The van der Waals surface area contributed by atoms with Gasteiger partial charge in [-0.15, -0.1) is 0 Å². The first-order valence-electron chi connectivity index (χ1n) is 10.1. The summed E-state index contributed by atoms with van der Waals surface area (Å²) in [6.45, 7) is -0.680. The third kappa shape index (κ3) is 3.34. The van der Waals surface area contributed by atoms with Gasteiger partial charge in [0.25, 0.3) is 11.8 Å². The molecule has 0 saturated carbocycles. The first-order chi connectivity index (χ1) is 15.9. The maximum Gasteiger partial charge on any atom is 0.259 e. The topological polar surface area (TPSA) is 82.7 Å². The predicted molar refractivity (Wildman–Crippen MR) is 122 cm³/mol. The lowest BCUT2D eigenvalue weighted by Crippen LogP contribution is -2.22. The standard InChI is InChI=1S/C24H18ClFN2O5/c1-28-10-15(14-8-17(25)20(31-2)9-18(14)28)21-22(24(30)27-23(21)29)16-11-33-19-7-12(32-6-5-26)3-4-13(16)19/h3-4,7-11H,5-6H2,1-2H3,(H,27,29,30). The minimum absolute atomic E-state index is 0.0697. The minimum Gasteiger partial charge on any atom is -0.495 e. The number of carbonyl (C=O) groups is 2. The maximum absolute atomic E-state index is 12.9. The third-order valence-electron chi connectivity index (χ3n) is 5.63. The number of hydrogen-bond acceptors (Lipinski definition) is 5. The van der Waals surface area contributed by atoms with Gasteiger partial charge in [-0.3, -0.25) is 14.9 Å². The van der Waals surface area contributed by atoms with E-state index in [0.717, 1.165) is 5.52 Å². The number of nitrogens with one attached hydrogen (secondary N) is 1. The zero-order chi connectivity index (χ0) is 23.3. The van der Waals surface area contributed by atoms with Crippen molar-refractivity contribution >= 4 is 56.4 Å². The molecular formula is C24H18ClFN2O5. The molecule has 0 unspecified atom stereocenters. The Bertz CT molecular complexity index is 1480. The van der Waals surface area contributed by atoms with E-state index in [2.05, 4.69) is 5.32 Å². The van der Waals surface area contributed by atoms with Crippen LogP contribution in [0.5, 0.6) is 11.5 Å². The number of imide groups is 1. The summed E-state index contributed by atoms with van der Waals surface area (Å²) < 4.78 is 30.5. The summed E-state index contributed by atoms with van der Waals surface area (Å²) in [6, 6.07) is 8.49. The number of alkyl halides is 1. The number of benzene rings is 2. The molecule has 33 heavy (non-hydrogen) atoms. The van der Waals surface area contributed by atoms with E-state index in [1.54, 1.807) is 36.5 Å². The summed E-state index contributed by atoms with van der Waals surface area (Å²) in [4.78, 5) is 25.8. The Morgan fingerprint density at radius 3 is 2.58 bits per heavy atom. The molecule has 2 amide bonds. The van der Waals surface area contributed by atoms with Gasteiger partial charge >= 0.3 is 0 Å². The average molecular weight is 469 g/mol. The van der Waals surface area contributed by atoms with E-state index in [4.69, 9.17) is 25.5 Å². The second-order valence-corrected chi connectivity index (χ2v) is 7.94. The molecule has 4 aromatic rings. The molecule has 2 aromatic heterocycles. The smallest absolute Gasteiger partial charge is 0.259 e. The SMILES string of the molecule is COc1cc2c(cc1Cl)c(C1=C(c3coc4cc(OCCF)ccc34)C(=O)NC1=O)cn2C. The molecule has 1 aliphatic heterocycles. The second kappa shape index (κ2) is 7.97. The molecule has 0 aliphatic carbocycles. The van der Waals surface area contributed by atoms with Gasteiger partial charge in [-0.1, -0.05) is 11.6 Å². The Balaban J connectivity index is 1.72. The number of carbonyl (C=O) groups excluding carboxylic acids is 2. The molecule has 3 heterocycles. The number of furan rings is 1. The molecule has 1 N–H and O–H groups in total. The van der Waals surface area contributed by atoms with Gasteiger partial charge in [0.2, 0.25) is 0 Å². The summed E-state index contributed by atoms with van der Waals surface area (Å²) in [5, 5.41) is 4.11. The number of aryl methyl sites for hydroxylation is 1. The van der Waals surface area contributed by atoms with E-state index in [0.29, 0.717) is 44.0 Å². The quantitative estimate of drug-likeness (QED) is 0.421. The van der Waals surface area contributed by atoms with Crippen LogP contribution in [0, 0.1) is 0 Å². The molecule has 0 radical (unpaired) electrons. The van der Waals surface area contributed by atoms with E-state index in [1.165, 1.54) is 13.4 Å². The van der Waals surface area contributed by atoms with Crippen molar-refractivity contribution in [3.05, 3.63) is 58.9 Å². The highest BCUT2D eigenvalue weighted by molar-refractivity contribution is 6.50. The van der Waals surface area contributed by atoms with Crippen molar-refractivity contribution in [2.75, 3.05) is 20.4 Å². The number of aromatic nitrogens is 1. The summed E-state index contributed by atoms with van der Waals surface area (Å²) in [6.07, 6.45) is 3.21. The largest absolute Gasteiger partial charge is 0.495 e. The van der Waals surface area contributed by atoms with Crippen LogP contribution in [-0.2, 0) is 16.6 Å². The van der Waals surface area contributed by atoms with Crippen molar-refractivity contribution in [3.8, 4) is 11.5 Å². The van der Waals surface area contributed by atoms with Crippen LogP contribution in [-0.4, -0.2) is 36.8 Å². The van der Waals surface area contributed by atoms with Gasteiger partial charge in [0.05, 0.1) is 35.1 Å². The fourth-order valence-corrected chi connectivity index (χ4v) is 4.40. The zero-order valence-corrected chi connectivity index (χ0v) is 18.5. The lowest BCUT2D eigenvalue weighted by molar-refractivity contribution is -0.122. The number of rotatable bonds is 6. The summed E-state index contributed by atoms with van der Waals surface area (Å²) in [5.74, 6) is -0.0803. The molecule has 7 nitrogen and oxygen atoms in total. The van der Waals surface area contributed by atoms with Gasteiger partial charge in [-0.2, -0.15) is 0 Å². The second-order valence-electron chi connectivity index (χ2n) is 7.54. The van der Waals surface area contributed by atoms with Crippen LogP contribution in [0.2, 0.25) is 5.02 Å². The number of nitrogens with zero attached hydrogens (tertiary/aromatic N) is 1. The maximum atomic E-state index is 12.9. The van der Waals surface area contributed by atoms with Crippen LogP contribution in [0.15, 0.2) is 47.2 Å². The number of fused-ring (bicyclic) bond motifs is 2. The van der Waals surface area contributed by atoms with Crippen LogP contribution in [0.1, 0.15) is 11.1 Å². The Kier molecular flexibility index (Phi) is 5.09. The minimum atomic E-state index is -0.610. The summed E-state index contributed by atoms with van der Waals surface area (Å²) in [7, 11) is 3.36. The third-order valence-corrected chi connectivity index (χ3v) is 5.92. The van der Waals surface area contributed by atoms with Crippen LogP contribution >= 0.6 is 11.6 Å². The first kappa shape index (κ1) is 21.1. The molecule has 168 valence electrons. The van der Waals surface area contributed by atoms with Crippen LogP contribution < -0.4 is 14.8 Å². The van der Waals surface area contributed by atoms with Gasteiger partial charge < -0.3 is 18.5 Å². The Labute approximate surface area is 192 Å². The number of halogens is 2. The molecule has 0 fully saturated rings.